The third-order valence-electron chi connectivity index (χ3n) is 4.71. The molecule has 1 heterocycles. The lowest BCUT2D eigenvalue weighted by atomic mass is 9.92. The van der Waals surface area contributed by atoms with Crippen molar-refractivity contribution in [2.24, 2.45) is 17.8 Å². The van der Waals surface area contributed by atoms with Gasteiger partial charge in [0, 0.05) is 31.7 Å². The Morgan fingerprint density at radius 2 is 1.74 bits per heavy atom. The molecule has 2 unspecified atom stereocenters. The van der Waals surface area contributed by atoms with Crippen LogP contribution in [0.15, 0.2) is 0 Å². The van der Waals surface area contributed by atoms with Gasteiger partial charge in [0.15, 0.2) is 0 Å². The Labute approximate surface area is 121 Å². The number of nitrogens with zero attached hydrogens (tertiary/aromatic N) is 1. The van der Waals surface area contributed by atoms with Crippen LogP contribution in [-0.2, 0) is 0 Å². The van der Waals surface area contributed by atoms with Gasteiger partial charge in [-0.2, -0.15) is 0 Å². The molecule has 1 N–H and O–H groups in total. The van der Waals surface area contributed by atoms with Crippen molar-refractivity contribution in [1.82, 2.24) is 10.2 Å². The van der Waals surface area contributed by atoms with Crippen molar-refractivity contribution in [3.63, 3.8) is 0 Å². The maximum atomic E-state index is 3.78. The number of nitrogens with one attached hydrogen (secondary N) is 1. The summed E-state index contributed by atoms with van der Waals surface area (Å²) in [5.74, 6) is 2.42. The van der Waals surface area contributed by atoms with E-state index in [4.69, 9.17) is 0 Å². The highest BCUT2D eigenvalue weighted by atomic mass is 15.2. The molecule has 1 rings (SSSR count). The van der Waals surface area contributed by atoms with Crippen LogP contribution in [0.3, 0.4) is 0 Å². The molecule has 19 heavy (non-hydrogen) atoms. The summed E-state index contributed by atoms with van der Waals surface area (Å²) in [4.78, 5) is 2.78. The highest BCUT2D eigenvalue weighted by Gasteiger charge is 2.30. The summed E-state index contributed by atoms with van der Waals surface area (Å²) in [7, 11) is 0. The SMILES string of the molecule is CCC(CC)CN1CC(CC(C)C)NCC1C(C)C. The van der Waals surface area contributed by atoms with Crippen LogP contribution in [0.2, 0.25) is 0 Å². The monoisotopic (exact) mass is 268 g/mol. The average Bonchev–Trinajstić information content (AvgIpc) is 2.35. The van der Waals surface area contributed by atoms with Gasteiger partial charge in [-0.05, 0) is 24.2 Å². The lowest BCUT2D eigenvalue weighted by Gasteiger charge is -2.44. The van der Waals surface area contributed by atoms with Crippen LogP contribution in [0.1, 0.15) is 60.8 Å². The van der Waals surface area contributed by atoms with Crippen molar-refractivity contribution < 1.29 is 0 Å². The van der Waals surface area contributed by atoms with Gasteiger partial charge in [-0.15, -0.1) is 0 Å². The normalized spacial score (nSPS) is 25.7. The molecule has 1 aliphatic rings. The van der Waals surface area contributed by atoms with Crippen molar-refractivity contribution in [2.45, 2.75) is 72.9 Å². The minimum atomic E-state index is 0.698. The fourth-order valence-electron chi connectivity index (χ4n) is 3.37. The van der Waals surface area contributed by atoms with Gasteiger partial charge in [0.1, 0.15) is 0 Å². The van der Waals surface area contributed by atoms with Gasteiger partial charge in [-0.3, -0.25) is 4.90 Å². The smallest absolute Gasteiger partial charge is 0.0244 e. The summed E-state index contributed by atoms with van der Waals surface area (Å²) in [5, 5.41) is 3.78. The van der Waals surface area contributed by atoms with Gasteiger partial charge in [-0.25, -0.2) is 0 Å². The van der Waals surface area contributed by atoms with E-state index in [9.17, 15) is 0 Å². The number of piperazine rings is 1. The first-order valence-corrected chi connectivity index (χ1v) is 8.45. The molecule has 1 saturated heterocycles. The molecule has 0 radical (unpaired) electrons. The molecule has 0 bridgehead atoms. The van der Waals surface area contributed by atoms with E-state index in [-0.39, 0.29) is 0 Å². The summed E-state index contributed by atoms with van der Waals surface area (Å²) >= 11 is 0. The third-order valence-corrected chi connectivity index (χ3v) is 4.71. The molecule has 0 aromatic rings. The van der Waals surface area contributed by atoms with Crippen molar-refractivity contribution in [3.05, 3.63) is 0 Å². The minimum absolute atomic E-state index is 0.698. The molecule has 0 amide bonds. The minimum Gasteiger partial charge on any atom is -0.311 e. The van der Waals surface area contributed by atoms with Crippen molar-refractivity contribution in [3.8, 4) is 0 Å². The van der Waals surface area contributed by atoms with Gasteiger partial charge >= 0.3 is 0 Å². The Morgan fingerprint density at radius 3 is 2.21 bits per heavy atom. The molecule has 1 aliphatic heterocycles. The molecular formula is C17H36N2. The molecule has 2 atom stereocenters. The average molecular weight is 268 g/mol. The maximum Gasteiger partial charge on any atom is 0.0244 e. The molecule has 2 nitrogen and oxygen atoms in total. The van der Waals surface area contributed by atoms with Gasteiger partial charge < -0.3 is 5.32 Å². The van der Waals surface area contributed by atoms with Crippen LogP contribution >= 0.6 is 0 Å². The van der Waals surface area contributed by atoms with E-state index in [1.165, 1.54) is 38.9 Å². The molecule has 114 valence electrons. The first-order valence-electron chi connectivity index (χ1n) is 8.45. The number of hydrogen-bond donors (Lipinski definition) is 1. The lowest BCUT2D eigenvalue weighted by molar-refractivity contribution is 0.0746. The predicted octanol–water partition coefficient (Wildman–Crippen LogP) is 3.77. The standard InChI is InChI=1S/C17H36N2/c1-7-15(8-2)11-19-12-16(9-13(3)4)18-10-17(19)14(5)6/h13-18H,7-12H2,1-6H3. The van der Waals surface area contributed by atoms with Gasteiger partial charge in [-0.1, -0.05) is 54.4 Å². The van der Waals surface area contributed by atoms with Gasteiger partial charge in [0.2, 0.25) is 0 Å². The maximum absolute atomic E-state index is 3.78. The zero-order chi connectivity index (χ0) is 14.4. The molecule has 0 spiro atoms. The first kappa shape index (κ1) is 17.0. The highest BCUT2D eigenvalue weighted by Crippen LogP contribution is 2.21. The highest BCUT2D eigenvalue weighted by molar-refractivity contribution is 4.88. The number of hydrogen-bond acceptors (Lipinski definition) is 2. The summed E-state index contributed by atoms with van der Waals surface area (Å²) in [6, 6.07) is 1.42. The van der Waals surface area contributed by atoms with Crippen LogP contribution in [0, 0.1) is 17.8 Å². The fraction of sp³-hybridized carbons (Fsp3) is 1.00. The van der Waals surface area contributed by atoms with Gasteiger partial charge in [0.25, 0.3) is 0 Å². The Balaban J connectivity index is 2.62. The third kappa shape index (κ3) is 5.43. The lowest BCUT2D eigenvalue weighted by Crippen LogP contribution is -2.59. The van der Waals surface area contributed by atoms with Crippen LogP contribution < -0.4 is 5.32 Å². The van der Waals surface area contributed by atoms with E-state index >= 15 is 0 Å². The molecule has 0 aromatic carbocycles. The quantitative estimate of drug-likeness (QED) is 0.756. The Morgan fingerprint density at radius 1 is 1.11 bits per heavy atom. The first-order chi connectivity index (χ1) is 8.97. The van der Waals surface area contributed by atoms with E-state index < -0.39 is 0 Å². The van der Waals surface area contributed by atoms with Crippen LogP contribution in [-0.4, -0.2) is 36.6 Å². The van der Waals surface area contributed by atoms with Gasteiger partial charge in [0.05, 0.1) is 0 Å². The molecule has 1 fully saturated rings. The Bertz CT molecular complexity index is 233. The zero-order valence-corrected chi connectivity index (χ0v) is 14.1. The topological polar surface area (TPSA) is 15.3 Å². The van der Waals surface area contributed by atoms with E-state index in [1.54, 1.807) is 0 Å². The summed E-state index contributed by atoms with van der Waals surface area (Å²) in [6.07, 6.45) is 3.95. The van der Waals surface area contributed by atoms with Crippen molar-refractivity contribution in [2.75, 3.05) is 19.6 Å². The van der Waals surface area contributed by atoms with E-state index in [0.29, 0.717) is 6.04 Å². The van der Waals surface area contributed by atoms with Crippen LogP contribution in [0.5, 0.6) is 0 Å². The molecule has 0 aliphatic carbocycles. The predicted molar refractivity (Wildman–Crippen MR) is 85.5 cm³/mol. The van der Waals surface area contributed by atoms with Crippen molar-refractivity contribution >= 4 is 0 Å². The van der Waals surface area contributed by atoms with E-state index in [1.807, 2.05) is 0 Å². The summed E-state index contributed by atoms with van der Waals surface area (Å²) in [5.41, 5.74) is 0. The Hall–Kier alpha value is -0.0800. The van der Waals surface area contributed by atoms with E-state index in [0.717, 1.165) is 23.8 Å². The second kappa shape index (κ2) is 8.26. The summed E-state index contributed by atoms with van der Waals surface area (Å²) < 4.78 is 0. The van der Waals surface area contributed by atoms with Crippen LogP contribution in [0.4, 0.5) is 0 Å². The summed E-state index contributed by atoms with van der Waals surface area (Å²) in [6.45, 7) is 17.8. The van der Waals surface area contributed by atoms with Crippen LogP contribution in [0.25, 0.3) is 0 Å². The molecule has 0 aromatic heterocycles. The molecular weight excluding hydrogens is 232 g/mol. The largest absolute Gasteiger partial charge is 0.311 e. The zero-order valence-electron chi connectivity index (χ0n) is 14.1. The van der Waals surface area contributed by atoms with Crippen molar-refractivity contribution in [1.29, 1.82) is 0 Å². The Kier molecular flexibility index (Phi) is 7.38. The second-order valence-electron chi connectivity index (χ2n) is 7.18. The molecule has 0 saturated carbocycles. The fourth-order valence-corrected chi connectivity index (χ4v) is 3.37. The number of rotatable bonds is 7. The second-order valence-corrected chi connectivity index (χ2v) is 7.18. The van der Waals surface area contributed by atoms with E-state index in [2.05, 4.69) is 51.8 Å². The molecule has 2 heteroatoms.